The van der Waals surface area contributed by atoms with Crippen molar-refractivity contribution in [3.05, 3.63) is 83.6 Å². The Morgan fingerprint density at radius 3 is 2.40 bits per heavy atom. The first-order chi connectivity index (χ1) is 12.3. The van der Waals surface area contributed by atoms with Crippen LogP contribution in [0.25, 0.3) is 0 Å². The minimum Gasteiger partial charge on any atom is -0.365 e. The molecule has 2 aliphatic heterocycles. The maximum atomic E-state index is 2.51. The molecule has 25 heavy (non-hydrogen) atoms. The Hall–Kier alpha value is -2.48. The second-order valence-corrected chi connectivity index (χ2v) is 6.78. The first-order valence-corrected chi connectivity index (χ1v) is 9.39. The summed E-state index contributed by atoms with van der Waals surface area (Å²) in [6.07, 6.45) is 9.09. The molecule has 0 fully saturated rings. The largest absolute Gasteiger partial charge is 0.365 e. The molecule has 1 unspecified atom stereocenters. The molecule has 2 heteroatoms. The van der Waals surface area contributed by atoms with E-state index in [1.165, 1.54) is 28.2 Å². The highest BCUT2D eigenvalue weighted by molar-refractivity contribution is 5.65. The van der Waals surface area contributed by atoms with E-state index in [0.717, 1.165) is 25.9 Å². The van der Waals surface area contributed by atoms with Gasteiger partial charge in [-0.05, 0) is 49.6 Å². The SMILES string of the molecule is CCN1/C(=C/C=C/C2Cc3ccccc3N2CC)Cc2ccccc21. The van der Waals surface area contributed by atoms with E-state index >= 15 is 0 Å². The van der Waals surface area contributed by atoms with Crippen LogP contribution >= 0.6 is 0 Å². The number of allylic oxidation sites excluding steroid dienone is 3. The van der Waals surface area contributed by atoms with Gasteiger partial charge in [-0.25, -0.2) is 0 Å². The normalized spacial score (nSPS) is 20.6. The molecule has 0 saturated heterocycles. The molecule has 2 aromatic rings. The van der Waals surface area contributed by atoms with E-state index in [2.05, 4.69) is 90.4 Å². The predicted octanol–water partition coefficient (Wildman–Crippen LogP) is 4.96. The number of hydrogen-bond donors (Lipinski definition) is 0. The molecular weight excluding hydrogens is 304 g/mol. The van der Waals surface area contributed by atoms with Crippen molar-refractivity contribution in [2.24, 2.45) is 0 Å². The molecule has 2 nitrogen and oxygen atoms in total. The molecular formula is C23H26N2. The standard InChI is InChI=1S/C23H26N2/c1-3-24-20(16-18-10-5-7-14-22(18)24)12-9-13-21-17-19-11-6-8-15-23(19)25(21)4-2/h5-15,20H,3-4,16-17H2,1-2H3/b12-9+,21-13+. The first-order valence-electron chi connectivity index (χ1n) is 9.39. The number of nitrogens with zero attached hydrogens (tertiary/aromatic N) is 2. The van der Waals surface area contributed by atoms with Gasteiger partial charge in [0, 0.05) is 36.6 Å². The predicted molar refractivity (Wildman–Crippen MR) is 107 cm³/mol. The Balaban J connectivity index is 1.53. The summed E-state index contributed by atoms with van der Waals surface area (Å²) in [7, 11) is 0. The molecule has 4 rings (SSSR count). The molecule has 2 aromatic carbocycles. The van der Waals surface area contributed by atoms with Crippen LogP contribution in [0, 0.1) is 0 Å². The van der Waals surface area contributed by atoms with Crippen LogP contribution in [0.1, 0.15) is 25.0 Å². The minimum absolute atomic E-state index is 0.470. The van der Waals surface area contributed by atoms with E-state index in [1.807, 2.05) is 0 Å². The summed E-state index contributed by atoms with van der Waals surface area (Å²) < 4.78 is 0. The number of fused-ring (bicyclic) bond motifs is 2. The van der Waals surface area contributed by atoms with Gasteiger partial charge in [0.25, 0.3) is 0 Å². The van der Waals surface area contributed by atoms with Crippen LogP contribution in [0.2, 0.25) is 0 Å². The Morgan fingerprint density at radius 2 is 1.64 bits per heavy atom. The van der Waals surface area contributed by atoms with Crippen molar-refractivity contribution in [1.82, 2.24) is 0 Å². The number of hydrogen-bond acceptors (Lipinski definition) is 2. The molecule has 128 valence electrons. The lowest BCUT2D eigenvalue weighted by Crippen LogP contribution is -2.29. The Kier molecular flexibility index (Phi) is 4.35. The van der Waals surface area contributed by atoms with Crippen molar-refractivity contribution in [1.29, 1.82) is 0 Å². The number of anilines is 2. The molecule has 0 radical (unpaired) electrons. The molecule has 0 bridgehead atoms. The minimum atomic E-state index is 0.470. The average Bonchev–Trinajstić information content (AvgIpc) is 3.18. The quantitative estimate of drug-likeness (QED) is 0.782. The number of rotatable bonds is 4. The van der Waals surface area contributed by atoms with Crippen molar-refractivity contribution in [2.45, 2.75) is 32.7 Å². The third-order valence-electron chi connectivity index (χ3n) is 5.41. The molecule has 0 aromatic heterocycles. The maximum Gasteiger partial charge on any atom is 0.0517 e. The van der Waals surface area contributed by atoms with Crippen LogP contribution in [0.4, 0.5) is 11.4 Å². The zero-order valence-corrected chi connectivity index (χ0v) is 15.2. The van der Waals surface area contributed by atoms with Crippen molar-refractivity contribution in [3.8, 4) is 0 Å². The van der Waals surface area contributed by atoms with E-state index in [9.17, 15) is 0 Å². The third kappa shape index (κ3) is 2.86. The molecule has 2 heterocycles. The van der Waals surface area contributed by atoms with Crippen LogP contribution in [0.3, 0.4) is 0 Å². The van der Waals surface area contributed by atoms with Gasteiger partial charge in [-0.1, -0.05) is 48.6 Å². The molecule has 0 aliphatic carbocycles. The van der Waals surface area contributed by atoms with Gasteiger partial charge in [0.2, 0.25) is 0 Å². The topological polar surface area (TPSA) is 6.48 Å². The van der Waals surface area contributed by atoms with Crippen molar-refractivity contribution in [3.63, 3.8) is 0 Å². The highest BCUT2D eigenvalue weighted by Crippen LogP contribution is 2.34. The van der Waals surface area contributed by atoms with Crippen LogP contribution < -0.4 is 9.80 Å². The van der Waals surface area contributed by atoms with E-state index in [1.54, 1.807) is 0 Å². The van der Waals surface area contributed by atoms with Crippen LogP contribution in [0.5, 0.6) is 0 Å². The van der Waals surface area contributed by atoms with Crippen molar-refractivity contribution in [2.75, 3.05) is 22.9 Å². The summed E-state index contributed by atoms with van der Waals surface area (Å²) in [5.41, 5.74) is 7.07. The van der Waals surface area contributed by atoms with E-state index < -0.39 is 0 Å². The van der Waals surface area contributed by atoms with E-state index in [0.29, 0.717) is 6.04 Å². The summed E-state index contributed by atoms with van der Waals surface area (Å²) in [4.78, 5) is 4.94. The fourth-order valence-electron chi connectivity index (χ4n) is 4.24. The van der Waals surface area contributed by atoms with Crippen LogP contribution in [0.15, 0.2) is 72.5 Å². The smallest absolute Gasteiger partial charge is 0.0517 e. The lowest BCUT2D eigenvalue weighted by molar-refractivity contribution is 0.748. The van der Waals surface area contributed by atoms with Gasteiger partial charge in [0.1, 0.15) is 0 Å². The highest BCUT2D eigenvalue weighted by Gasteiger charge is 2.25. The molecule has 0 N–H and O–H groups in total. The fraction of sp³-hybridized carbons (Fsp3) is 0.304. The number of para-hydroxylation sites is 2. The zero-order valence-electron chi connectivity index (χ0n) is 15.2. The first kappa shape index (κ1) is 16.0. The Labute approximate surface area is 151 Å². The lowest BCUT2D eigenvalue weighted by Gasteiger charge is -2.23. The third-order valence-corrected chi connectivity index (χ3v) is 5.41. The molecule has 0 spiro atoms. The summed E-state index contributed by atoms with van der Waals surface area (Å²) >= 11 is 0. The van der Waals surface area contributed by atoms with Crippen LogP contribution in [-0.2, 0) is 12.8 Å². The van der Waals surface area contributed by atoms with Crippen molar-refractivity contribution >= 4 is 11.4 Å². The van der Waals surface area contributed by atoms with Gasteiger partial charge in [-0.3, -0.25) is 0 Å². The zero-order chi connectivity index (χ0) is 17.2. The fourth-order valence-corrected chi connectivity index (χ4v) is 4.24. The molecule has 1 atom stereocenters. The number of benzene rings is 2. The molecule has 0 saturated carbocycles. The Bertz CT molecular complexity index is 818. The monoisotopic (exact) mass is 330 g/mol. The van der Waals surface area contributed by atoms with Gasteiger partial charge < -0.3 is 9.80 Å². The lowest BCUT2D eigenvalue weighted by atomic mass is 10.1. The Morgan fingerprint density at radius 1 is 0.920 bits per heavy atom. The van der Waals surface area contributed by atoms with Crippen LogP contribution in [-0.4, -0.2) is 19.1 Å². The second-order valence-electron chi connectivity index (χ2n) is 6.78. The number of likely N-dealkylation sites (N-methyl/N-ethyl adjacent to an activating group) is 2. The molecule has 0 amide bonds. The summed E-state index contributed by atoms with van der Waals surface area (Å²) in [5.74, 6) is 0. The summed E-state index contributed by atoms with van der Waals surface area (Å²) in [6.45, 7) is 6.54. The van der Waals surface area contributed by atoms with E-state index in [-0.39, 0.29) is 0 Å². The molecule has 2 aliphatic rings. The maximum absolute atomic E-state index is 2.51. The van der Waals surface area contributed by atoms with Gasteiger partial charge in [-0.2, -0.15) is 0 Å². The van der Waals surface area contributed by atoms with Gasteiger partial charge in [-0.15, -0.1) is 0 Å². The average molecular weight is 330 g/mol. The van der Waals surface area contributed by atoms with Crippen molar-refractivity contribution < 1.29 is 0 Å². The van der Waals surface area contributed by atoms with Gasteiger partial charge in [0.15, 0.2) is 0 Å². The van der Waals surface area contributed by atoms with Gasteiger partial charge in [0.05, 0.1) is 6.04 Å². The summed E-state index contributed by atoms with van der Waals surface area (Å²) in [6, 6.07) is 18.0. The summed E-state index contributed by atoms with van der Waals surface area (Å²) in [5, 5.41) is 0. The van der Waals surface area contributed by atoms with Gasteiger partial charge >= 0.3 is 0 Å². The second kappa shape index (κ2) is 6.79. The highest BCUT2D eigenvalue weighted by atomic mass is 15.2. The van der Waals surface area contributed by atoms with E-state index in [4.69, 9.17) is 0 Å².